The minimum Gasteiger partial charge on any atom is -0.455 e. The number of para-hydroxylation sites is 2. The van der Waals surface area contributed by atoms with Crippen molar-refractivity contribution in [1.29, 1.82) is 0 Å². The van der Waals surface area contributed by atoms with Gasteiger partial charge >= 0.3 is 0 Å². The van der Waals surface area contributed by atoms with Crippen LogP contribution in [-0.2, 0) is 0 Å². The second-order valence-electron chi connectivity index (χ2n) is 4.78. The largest absolute Gasteiger partial charge is 0.455 e. The molecule has 2 aromatic carbocycles. The number of benzene rings is 2. The van der Waals surface area contributed by atoms with Crippen molar-refractivity contribution in [2.45, 2.75) is 26.7 Å². The molecule has 0 atom stereocenters. The van der Waals surface area contributed by atoms with E-state index in [4.69, 9.17) is 10.5 Å². The number of nitrogen functional groups attached to an aromatic ring is 1. The quantitative estimate of drug-likeness (QED) is 0.803. The number of hydrogen-bond acceptors (Lipinski definition) is 2. The van der Waals surface area contributed by atoms with Gasteiger partial charge in [0, 0.05) is 0 Å². The van der Waals surface area contributed by atoms with Gasteiger partial charge in [0.05, 0.1) is 5.69 Å². The van der Waals surface area contributed by atoms with Gasteiger partial charge in [0.2, 0.25) is 0 Å². The molecule has 0 unspecified atom stereocenters. The van der Waals surface area contributed by atoms with Crippen LogP contribution in [0.1, 0.15) is 30.9 Å². The van der Waals surface area contributed by atoms with Crippen molar-refractivity contribution in [1.82, 2.24) is 0 Å². The van der Waals surface area contributed by atoms with Gasteiger partial charge in [-0.05, 0) is 36.1 Å². The van der Waals surface area contributed by atoms with E-state index in [-0.39, 0.29) is 0 Å². The molecule has 2 rings (SSSR count). The van der Waals surface area contributed by atoms with E-state index >= 15 is 0 Å². The van der Waals surface area contributed by atoms with E-state index in [1.807, 2.05) is 43.3 Å². The highest BCUT2D eigenvalue weighted by Gasteiger charge is 2.10. The van der Waals surface area contributed by atoms with Gasteiger partial charge in [-0.2, -0.15) is 0 Å². The summed E-state index contributed by atoms with van der Waals surface area (Å²) >= 11 is 0. The number of anilines is 1. The zero-order valence-electron chi connectivity index (χ0n) is 11.1. The highest BCUT2D eigenvalue weighted by molar-refractivity contribution is 5.59. The third-order valence-electron chi connectivity index (χ3n) is 3.05. The van der Waals surface area contributed by atoms with Gasteiger partial charge in [0.25, 0.3) is 0 Å². The molecule has 2 N–H and O–H groups in total. The van der Waals surface area contributed by atoms with E-state index in [0.29, 0.717) is 11.6 Å². The Morgan fingerprint density at radius 1 is 0.944 bits per heavy atom. The minimum absolute atomic E-state index is 0.423. The van der Waals surface area contributed by atoms with Crippen LogP contribution in [0.15, 0.2) is 42.5 Å². The SMILES string of the molecule is Cc1cccc(Oc2ccccc2C(C)C)c1N. The highest BCUT2D eigenvalue weighted by atomic mass is 16.5. The molecule has 2 heteroatoms. The number of aryl methyl sites for hydroxylation is 1. The predicted molar refractivity (Wildman–Crippen MR) is 76.2 cm³/mol. The van der Waals surface area contributed by atoms with Gasteiger partial charge < -0.3 is 10.5 Å². The fraction of sp³-hybridized carbons (Fsp3) is 0.250. The van der Waals surface area contributed by atoms with Crippen LogP contribution in [0.3, 0.4) is 0 Å². The molecule has 0 heterocycles. The molecule has 0 spiro atoms. The van der Waals surface area contributed by atoms with Gasteiger partial charge in [-0.25, -0.2) is 0 Å². The van der Waals surface area contributed by atoms with Gasteiger partial charge in [0.15, 0.2) is 5.75 Å². The summed E-state index contributed by atoms with van der Waals surface area (Å²) in [6, 6.07) is 13.9. The standard InChI is InChI=1S/C16H19NO/c1-11(2)13-8-4-5-9-14(13)18-15-10-6-7-12(3)16(15)17/h4-11H,17H2,1-3H3. The van der Waals surface area contributed by atoms with Gasteiger partial charge in [0.1, 0.15) is 5.75 Å². The molecule has 94 valence electrons. The summed E-state index contributed by atoms with van der Waals surface area (Å²) in [4.78, 5) is 0. The number of rotatable bonds is 3. The molecule has 0 aliphatic rings. The zero-order valence-corrected chi connectivity index (χ0v) is 11.1. The van der Waals surface area contributed by atoms with Crippen molar-refractivity contribution in [3.05, 3.63) is 53.6 Å². The second-order valence-corrected chi connectivity index (χ2v) is 4.78. The van der Waals surface area contributed by atoms with Crippen LogP contribution in [0.2, 0.25) is 0 Å². The summed E-state index contributed by atoms with van der Waals surface area (Å²) in [6.45, 7) is 6.29. The topological polar surface area (TPSA) is 35.2 Å². The summed E-state index contributed by atoms with van der Waals surface area (Å²) < 4.78 is 5.96. The van der Waals surface area contributed by atoms with E-state index in [2.05, 4.69) is 19.9 Å². The lowest BCUT2D eigenvalue weighted by molar-refractivity contribution is 0.475. The molecule has 0 fully saturated rings. The maximum Gasteiger partial charge on any atom is 0.150 e. The number of ether oxygens (including phenoxy) is 1. The first-order valence-electron chi connectivity index (χ1n) is 6.21. The summed E-state index contributed by atoms with van der Waals surface area (Å²) in [5, 5.41) is 0. The Balaban J connectivity index is 2.37. The molecular formula is C16H19NO. The third-order valence-corrected chi connectivity index (χ3v) is 3.05. The van der Waals surface area contributed by atoms with Crippen molar-refractivity contribution in [2.75, 3.05) is 5.73 Å². The second kappa shape index (κ2) is 5.13. The summed E-state index contributed by atoms with van der Waals surface area (Å²) in [6.07, 6.45) is 0. The minimum atomic E-state index is 0.423. The normalized spacial score (nSPS) is 10.7. The first kappa shape index (κ1) is 12.5. The Bertz CT molecular complexity index is 547. The fourth-order valence-corrected chi connectivity index (χ4v) is 1.91. The van der Waals surface area contributed by atoms with Crippen LogP contribution in [0, 0.1) is 6.92 Å². The lowest BCUT2D eigenvalue weighted by Crippen LogP contribution is -1.97. The van der Waals surface area contributed by atoms with Crippen molar-refractivity contribution in [3.8, 4) is 11.5 Å². The average molecular weight is 241 g/mol. The average Bonchev–Trinajstić information content (AvgIpc) is 2.35. The zero-order chi connectivity index (χ0) is 13.1. The van der Waals surface area contributed by atoms with Crippen LogP contribution in [0.25, 0.3) is 0 Å². The Morgan fingerprint density at radius 2 is 1.61 bits per heavy atom. The fourth-order valence-electron chi connectivity index (χ4n) is 1.91. The van der Waals surface area contributed by atoms with Crippen LogP contribution in [0.4, 0.5) is 5.69 Å². The van der Waals surface area contributed by atoms with Crippen molar-refractivity contribution < 1.29 is 4.74 Å². The summed E-state index contributed by atoms with van der Waals surface area (Å²) in [5.41, 5.74) is 8.97. The predicted octanol–water partition coefficient (Wildman–Crippen LogP) is 4.49. The van der Waals surface area contributed by atoms with E-state index in [9.17, 15) is 0 Å². The Morgan fingerprint density at radius 3 is 2.33 bits per heavy atom. The first-order chi connectivity index (χ1) is 8.59. The van der Waals surface area contributed by atoms with Gasteiger partial charge in [-0.15, -0.1) is 0 Å². The molecule has 2 nitrogen and oxygen atoms in total. The molecule has 0 aliphatic carbocycles. The smallest absolute Gasteiger partial charge is 0.150 e. The molecule has 2 aromatic rings. The summed E-state index contributed by atoms with van der Waals surface area (Å²) in [7, 11) is 0. The molecular weight excluding hydrogens is 222 g/mol. The van der Waals surface area contributed by atoms with E-state index in [1.165, 1.54) is 5.56 Å². The maximum atomic E-state index is 6.03. The van der Waals surface area contributed by atoms with E-state index < -0.39 is 0 Å². The molecule has 18 heavy (non-hydrogen) atoms. The van der Waals surface area contributed by atoms with E-state index in [1.54, 1.807) is 0 Å². The molecule has 0 aliphatic heterocycles. The van der Waals surface area contributed by atoms with Crippen LogP contribution >= 0.6 is 0 Å². The van der Waals surface area contributed by atoms with Gasteiger partial charge in [-0.1, -0.05) is 44.2 Å². The lowest BCUT2D eigenvalue weighted by atomic mass is 10.0. The third kappa shape index (κ3) is 2.48. The molecule has 0 amide bonds. The first-order valence-corrected chi connectivity index (χ1v) is 6.21. The number of nitrogens with two attached hydrogens (primary N) is 1. The summed E-state index contributed by atoms with van der Waals surface area (Å²) in [5.74, 6) is 2.03. The molecule has 0 radical (unpaired) electrons. The Labute approximate surface area is 108 Å². The Hall–Kier alpha value is -1.96. The Kier molecular flexibility index (Phi) is 3.56. The molecule has 0 aromatic heterocycles. The van der Waals surface area contributed by atoms with Crippen LogP contribution in [0.5, 0.6) is 11.5 Å². The van der Waals surface area contributed by atoms with Crippen LogP contribution < -0.4 is 10.5 Å². The highest BCUT2D eigenvalue weighted by Crippen LogP contribution is 2.34. The lowest BCUT2D eigenvalue weighted by Gasteiger charge is -2.15. The van der Waals surface area contributed by atoms with E-state index in [0.717, 1.165) is 17.1 Å². The van der Waals surface area contributed by atoms with Gasteiger partial charge in [-0.3, -0.25) is 0 Å². The van der Waals surface area contributed by atoms with Crippen LogP contribution in [-0.4, -0.2) is 0 Å². The number of hydrogen-bond donors (Lipinski definition) is 1. The molecule has 0 saturated carbocycles. The molecule has 0 bridgehead atoms. The monoisotopic (exact) mass is 241 g/mol. The van der Waals surface area contributed by atoms with Crippen molar-refractivity contribution in [3.63, 3.8) is 0 Å². The maximum absolute atomic E-state index is 6.03. The molecule has 0 saturated heterocycles. The van der Waals surface area contributed by atoms with Crippen molar-refractivity contribution in [2.24, 2.45) is 0 Å². The van der Waals surface area contributed by atoms with Crippen molar-refractivity contribution >= 4 is 5.69 Å².